The minimum Gasteiger partial charge on any atom is -0.491 e. The highest BCUT2D eigenvalue weighted by Crippen LogP contribution is 2.35. The highest BCUT2D eigenvalue weighted by molar-refractivity contribution is 5.71. The van der Waals surface area contributed by atoms with Crippen LogP contribution in [0.25, 0.3) is 22.3 Å². The first-order chi connectivity index (χ1) is 17.0. The van der Waals surface area contributed by atoms with Crippen LogP contribution in [0.5, 0.6) is 5.75 Å². The van der Waals surface area contributed by atoms with Gasteiger partial charge in [-0.15, -0.1) is 0 Å². The Balaban J connectivity index is 1.46. The van der Waals surface area contributed by atoms with E-state index in [1.165, 1.54) is 12.1 Å². The monoisotopic (exact) mass is 480 g/mol. The van der Waals surface area contributed by atoms with Crippen LogP contribution in [0.15, 0.2) is 66.7 Å². The Labute approximate surface area is 205 Å². The molecule has 0 saturated carbocycles. The number of hydrogen-bond donors (Lipinski definition) is 0. The van der Waals surface area contributed by atoms with Crippen molar-refractivity contribution in [3.8, 4) is 28.0 Å². The van der Waals surface area contributed by atoms with Gasteiger partial charge in [-0.2, -0.15) is 4.39 Å². The first-order valence-electron chi connectivity index (χ1n) is 12.3. The van der Waals surface area contributed by atoms with E-state index in [0.29, 0.717) is 29.2 Å². The molecular weight excluding hydrogens is 449 g/mol. The zero-order chi connectivity index (χ0) is 24.8. The predicted molar refractivity (Wildman–Crippen MR) is 134 cm³/mol. The average molecular weight is 481 g/mol. The SMILES string of the molecule is CC=CCCC1CCC(c2ccc(-c3ccc(-c4ccc(OCC)c(F)c4F)cc3)c(F)c2)OC1. The van der Waals surface area contributed by atoms with E-state index in [1.54, 1.807) is 43.3 Å². The van der Waals surface area contributed by atoms with Gasteiger partial charge in [-0.05, 0) is 80.3 Å². The first-order valence-corrected chi connectivity index (χ1v) is 12.3. The number of benzene rings is 3. The van der Waals surface area contributed by atoms with Gasteiger partial charge in [0.05, 0.1) is 19.3 Å². The Morgan fingerprint density at radius 1 is 0.914 bits per heavy atom. The molecule has 184 valence electrons. The van der Waals surface area contributed by atoms with Crippen molar-refractivity contribution in [2.75, 3.05) is 13.2 Å². The Morgan fingerprint density at radius 3 is 2.26 bits per heavy atom. The lowest BCUT2D eigenvalue weighted by atomic mass is 9.91. The molecule has 0 radical (unpaired) electrons. The molecule has 5 heteroatoms. The largest absolute Gasteiger partial charge is 0.491 e. The normalized spacial score (nSPS) is 18.2. The molecule has 0 spiro atoms. The Hall–Kier alpha value is -3.05. The molecule has 2 unspecified atom stereocenters. The topological polar surface area (TPSA) is 18.5 Å². The molecule has 4 rings (SSSR count). The summed E-state index contributed by atoms with van der Waals surface area (Å²) in [6, 6.07) is 14.9. The van der Waals surface area contributed by atoms with Crippen LogP contribution < -0.4 is 4.74 Å². The lowest BCUT2D eigenvalue weighted by Crippen LogP contribution is -2.20. The molecule has 0 aliphatic carbocycles. The van der Waals surface area contributed by atoms with Crippen LogP contribution in [0.4, 0.5) is 13.2 Å². The molecule has 3 aromatic rings. The summed E-state index contributed by atoms with van der Waals surface area (Å²) < 4.78 is 55.0. The molecule has 1 heterocycles. The van der Waals surface area contributed by atoms with Gasteiger partial charge >= 0.3 is 0 Å². The smallest absolute Gasteiger partial charge is 0.201 e. The van der Waals surface area contributed by atoms with E-state index in [2.05, 4.69) is 12.2 Å². The van der Waals surface area contributed by atoms with Gasteiger partial charge in [0.1, 0.15) is 5.82 Å². The van der Waals surface area contributed by atoms with Crippen LogP contribution in [0.3, 0.4) is 0 Å². The van der Waals surface area contributed by atoms with Crippen LogP contribution in [0.2, 0.25) is 0 Å². The van der Waals surface area contributed by atoms with Crippen molar-refractivity contribution in [1.29, 1.82) is 0 Å². The maximum atomic E-state index is 15.0. The van der Waals surface area contributed by atoms with Crippen LogP contribution >= 0.6 is 0 Å². The summed E-state index contributed by atoms with van der Waals surface area (Å²) in [6.45, 7) is 4.69. The second-order valence-corrected chi connectivity index (χ2v) is 8.90. The molecule has 0 N–H and O–H groups in total. The van der Waals surface area contributed by atoms with Gasteiger partial charge in [-0.25, -0.2) is 8.78 Å². The van der Waals surface area contributed by atoms with Crippen molar-refractivity contribution in [1.82, 2.24) is 0 Å². The number of allylic oxidation sites excluding steroid dienone is 2. The second-order valence-electron chi connectivity index (χ2n) is 8.90. The van der Waals surface area contributed by atoms with E-state index in [0.717, 1.165) is 31.2 Å². The summed E-state index contributed by atoms with van der Waals surface area (Å²) in [4.78, 5) is 0. The molecule has 35 heavy (non-hydrogen) atoms. The minimum absolute atomic E-state index is 0.0866. The summed E-state index contributed by atoms with van der Waals surface area (Å²) in [5.41, 5.74) is 2.61. The van der Waals surface area contributed by atoms with E-state index < -0.39 is 11.6 Å². The molecule has 1 saturated heterocycles. The molecule has 0 aromatic heterocycles. The van der Waals surface area contributed by atoms with Gasteiger partial charge in [0, 0.05) is 11.1 Å². The maximum absolute atomic E-state index is 15.0. The van der Waals surface area contributed by atoms with Crippen molar-refractivity contribution >= 4 is 0 Å². The summed E-state index contributed by atoms with van der Waals surface area (Å²) in [5, 5.41) is 0. The summed E-state index contributed by atoms with van der Waals surface area (Å²) in [6.07, 6.45) is 8.32. The average Bonchev–Trinajstić information content (AvgIpc) is 2.88. The van der Waals surface area contributed by atoms with E-state index in [4.69, 9.17) is 9.47 Å². The number of hydrogen-bond acceptors (Lipinski definition) is 2. The molecule has 2 atom stereocenters. The fourth-order valence-electron chi connectivity index (χ4n) is 4.61. The van der Waals surface area contributed by atoms with Crippen LogP contribution in [-0.4, -0.2) is 13.2 Å². The molecule has 0 amide bonds. The highest BCUT2D eigenvalue weighted by atomic mass is 19.2. The fraction of sp³-hybridized carbons (Fsp3) is 0.333. The molecule has 1 aliphatic rings. The van der Waals surface area contributed by atoms with Crippen molar-refractivity contribution in [2.24, 2.45) is 5.92 Å². The van der Waals surface area contributed by atoms with Gasteiger partial charge in [-0.3, -0.25) is 0 Å². The van der Waals surface area contributed by atoms with Gasteiger partial charge in [0.2, 0.25) is 5.82 Å². The first kappa shape index (κ1) is 25.1. The van der Waals surface area contributed by atoms with Crippen LogP contribution in [-0.2, 0) is 4.74 Å². The fourth-order valence-corrected chi connectivity index (χ4v) is 4.61. The molecule has 1 aliphatic heterocycles. The van der Waals surface area contributed by atoms with Crippen LogP contribution in [0, 0.1) is 23.4 Å². The molecule has 2 nitrogen and oxygen atoms in total. The molecule has 0 bridgehead atoms. The standard InChI is InChI=1S/C30H31F3O2/c1-3-5-6-7-20-8-16-27(35-19-20)23-13-14-24(26(31)18-23)21-9-11-22(12-10-21)25-15-17-28(34-4-2)30(33)29(25)32/h3,5,9-15,17-18,20,27H,4,6-8,16,19H2,1-2H3. The summed E-state index contributed by atoms with van der Waals surface area (Å²) in [7, 11) is 0. The minimum atomic E-state index is -1.01. The Bertz CT molecular complexity index is 1160. The third-order valence-electron chi connectivity index (χ3n) is 6.57. The lowest BCUT2D eigenvalue weighted by Gasteiger charge is -2.29. The lowest BCUT2D eigenvalue weighted by molar-refractivity contribution is -0.0191. The summed E-state index contributed by atoms with van der Waals surface area (Å²) in [5.74, 6) is -1.86. The predicted octanol–water partition coefficient (Wildman–Crippen LogP) is 8.66. The number of rotatable bonds is 8. The van der Waals surface area contributed by atoms with Gasteiger partial charge in [0.15, 0.2) is 11.6 Å². The third kappa shape index (κ3) is 5.79. The third-order valence-corrected chi connectivity index (χ3v) is 6.57. The van der Waals surface area contributed by atoms with Crippen molar-refractivity contribution in [2.45, 2.75) is 45.6 Å². The van der Waals surface area contributed by atoms with Gasteiger partial charge in [-0.1, -0.05) is 48.6 Å². The molecular formula is C30H31F3O2. The van der Waals surface area contributed by atoms with Crippen molar-refractivity contribution < 1.29 is 22.6 Å². The van der Waals surface area contributed by atoms with E-state index in [1.807, 2.05) is 13.0 Å². The second kappa shape index (κ2) is 11.6. The number of halogens is 3. The van der Waals surface area contributed by atoms with Gasteiger partial charge < -0.3 is 9.47 Å². The van der Waals surface area contributed by atoms with Crippen molar-refractivity contribution in [3.63, 3.8) is 0 Å². The Kier molecular flexibility index (Phi) is 8.29. The Morgan fingerprint density at radius 2 is 1.63 bits per heavy atom. The zero-order valence-corrected chi connectivity index (χ0v) is 20.2. The highest BCUT2D eigenvalue weighted by Gasteiger charge is 2.23. The zero-order valence-electron chi connectivity index (χ0n) is 20.2. The van der Waals surface area contributed by atoms with Gasteiger partial charge in [0.25, 0.3) is 0 Å². The molecule has 3 aromatic carbocycles. The van der Waals surface area contributed by atoms with E-state index in [9.17, 15) is 8.78 Å². The molecule has 1 fully saturated rings. The van der Waals surface area contributed by atoms with E-state index >= 15 is 4.39 Å². The maximum Gasteiger partial charge on any atom is 0.201 e. The van der Waals surface area contributed by atoms with Crippen LogP contribution in [0.1, 0.15) is 51.2 Å². The number of ether oxygens (including phenoxy) is 2. The van der Waals surface area contributed by atoms with Crippen molar-refractivity contribution in [3.05, 3.63) is 89.8 Å². The summed E-state index contributed by atoms with van der Waals surface area (Å²) >= 11 is 0. The van der Waals surface area contributed by atoms with E-state index in [-0.39, 0.29) is 29.8 Å². The quantitative estimate of drug-likeness (QED) is 0.300.